The van der Waals surface area contributed by atoms with Crippen molar-refractivity contribution >= 4 is 191 Å². The minimum atomic E-state index is -0.770. The van der Waals surface area contributed by atoms with Crippen LogP contribution in [0, 0.1) is 19.3 Å². The maximum Gasteiger partial charge on any atom is 0.252 e. The first-order valence-electron chi connectivity index (χ1n) is 22.9. The number of halogens is 4. The second-order valence-corrected chi connectivity index (χ2v) is 20.9. The Morgan fingerprint density at radius 2 is 1.15 bits per heavy atom. The normalized spacial score (nSPS) is 11.3. The number of pyridine rings is 3. The molecule has 0 bridgehead atoms. The van der Waals surface area contributed by atoms with Crippen LogP contribution in [0.15, 0.2) is 150 Å². The van der Waals surface area contributed by atoms with Gasteiger partial charge in [-0.1, -0.05) is 46.6 Å². The van der Waals surface area contributed by atoms with Crippen LogP contribution >= 0.6 is 92.7 Å². The number of aromatic hydroxyl groups is 4. The molecular formula is C49H29Cl3FN21O5S5. The minimum absolute atomic E-state index is 0.00715. The van der Waals surface area contributed by atoms with Crippen LogP contribution in [0.2, 0.25) is 15.3 Å². The van der Waals surface area contributed by atoms with Crippen LogP contribution < -0.4 is 5.73 Å². The summed E-state index contributed by atoms with van der Waals surface area (Å²) >= 11 is 23.4. The van der Waals surface area contributed by atoms with Crippen molar-refractivity contribution in [2.24, 2.45) is 46.6 Å². The number of thioether (sulfide) groups is 1. The summed E-state index contributed by atoms with van der Waals surface area (Å²) in [6, 6.07) is 19.1. The summed E-state index contributed by atoms with van der Waals surface area (Å²) in [5.41, 5.74) is 8.67. The molecule has 0 aliphatic rings. The number of aryl methyl sites for hydroxylation is 1. The van der Waals surface area contributed by atoms with E-state index in [1.165, 1.54) is 95.6 Å². The van der Waals surface area contributed by atoms with E-state index in [1.807, 2.05) is 18.4 Å². The van der Waals surface area contributed by atoms with Gasteiger partial charge < -0.3 is 26.2 Å². The fraction of sp³-hybridized carbons (Fsp3) is 0.0408. The fourth-order valence-electron chi connectivity index (χ4n) is 6.42. The Morgan fingerprint density at radius 3 is 1.80 bits per heavy atom. The van der Waals surface area contributed by atoms with Crippen LogP contribution in [0.1, 0.15) is 16.2 Å². The summed E-state index contributed by atoms with van der Waals surface area (Å²) in [5.74, 6) is -1.30. The Morgan fingerprint density at radius 1 is 0.595 bits per heavy atom. The molecule has 0 spiro atoms. The summed E-state index contributed by atoms with van der Waals surface area (Å²) in [7, 11) is 0. The molecule has 12 rings (SSSR count). The van der Waals surface area contributed by atoms with Crippen molar-refractivity contribution in [2.75, 3.05) is 6.26 Å². The van der Waals surface area contributed by atoms with Crippen LogP contribution in [0.4, 0.5) is 53.0 Å². The molecule has 0 saturated carbocycles. The molecule has 418 valence electrons. The first-order valence-corrected chi connectivity index (χ1v) is 28.4. The van der Waals surface area contributed by atoms with Crippen LogP contribution in [-0.2, 0) is 0 Å². The highest BCUT2D eigenvalue weighted by atomic mass is 35.5. The van der Waals surface area contributed by atoms with E-state index in [1.54, 1.807) is 31.6 Å². The van der Waals surface area contributed by atoms with Gasteiger partial charge in [-0.05, 0) is 132 Å². The summed E-state index contributed by atoms with van der Waals surface area (Å²) < 4.78 is 29.8. The van der Waals surface area contributed by atoms with Gasteiger partial charge in [0.2, 0.25) is 5.69 Å². The molecule has 84 heavy (non-hydrogen) atoms. The predicted octanol–water partition coefficient (Wildman–Crippen LogP) is 16.2. The van der Waals surface area contributed by atoms with Gasteiger partial charge in [0, 0.05) is 36.2 Å². The Hall–Kier alpha value is -9.46. The number of hydrogen-bond donors (Lipinski definition) is 5. The topological polar surface area (TPSA) is 369 Å². The summed E-state index contributed by atoms with van der Waals surface area (Å²) in [6.45, 7) is 8.92. The zero-order valence-corrected chi connectivity index (χ0v) is 48.4. The van der Waals surface area contributed by atoms with E-state index in [9.17, 15) is 24.5 Å². The molecule has 0 fully saturated rings. The van der Waals surface area contributed by atoms with E-state index < -0.39 is 17.5 Å². The molecule has 3 aromatic carbocycles. The second kappa shape index (κ2) is 27.1. The Kier molecular flexibility index (Phi) is 19.1. The third kappa shape index (κ3) is 14.4. The molecule has 0 atom stereocenters. The smallest absolute Gasteiger partial charge is 0.252 e. The van der Waals surface area contributed by atoms with Gasteiger partial charge in [0.1, 0.15) is 22.5 Å². The highest BCUT2D eigenvalue weighted by Crippen LogP contribution is 2.40. The number of rotatable bonds is 10. The first-order chi connectivity index (χ1) is 40.5. The lowest BCUT2D eigenvalue weighted by Gasteiger charge is -2.00. The largest absolute Gasteiger partial charge is 0.507 e. The van der Waals surface area contributed by atoms with E-state index in [0.717, 1.165) is 39.9 Å². The molecule has 35 heteroatoms. The van der Waals surface area contributed by atoms with Gasteiger partial charge in [0.15, 0.2) is 70.4 Å². The number of carbonyl (C=O) groups is 1. The number of azo groups is 4. The number of aromatic nitrogens is 11. The number of fused-ring (bicyclic) bond motifs is 4. The number of hydrogen-bond acceptors (Lipinski definition) is 29. The molecule has 0 aliphatic heterocycles. The van der Waals surface area contributed by atoms with E-state index in [4.69, 9.17) is 52.2 Å². The number of nitrogens with zero attached hydrogens (tertiary/aromatic N) is 20. The monoisotopic (exact) mass is 1280 g/mol. The maximum absolute atomic E-state index is 13.2. The van der Waals surface area contributed by atoms with Gasteiger partial charge in [0.25, 0.3) is 5.91 Å². The van der Waals surface area contributed by atoms with Gasteiger partial charge in [-0.3, -0.25) is 9.78 Å². The zero-order valence-electron chi connectivity index (χ0n) is 42.1. The van der Waals surface area contributed by atoms with Crippen molar-refractivity contribution in [1.82, 2.24) is 52.4 Å². The highest BCUT2D eigenvalue weighted by molar-refractivity contribution is 7.98. The second-order valence-electron chi connectivity index (χ2n) is 16.0. The number of phenols is 3. The number of amides is 1. The number of carbonyl (C=O) groups excluding carboxylic acids is 1. The molecular weight excluding hydrogens is 1250 g/mol. The molecule has 26 nitrogen and oxygen atoms in total. The fourth-order valence-corrected chi connectivity index (χ4v) is 9.87. The van der Waals surface area contributed by atoms with Crippen molar-refractivity contribution in [2.45, 2.75) is 12.1 Å². The Bertz CT molecular complexity index is 4620. The van der Waals surface area contributed by atoms with E-state index in [-0.39, 0.29) is 43.8 Å². The Balaban J connectivity index is 0.000000135. The average Bonchev–Trinajstić information content (AvgIpc) is 3.58. The van der Waals surface area contributed by atoms with Crippen molar-refractivity contribution in [3.63, 3.8) is 0 Å². The van der Waals surface area contributed by atoms with Crippen LogP contribution in [0.25, 0.3) is 48.8 Å². The molecule has 0 saturated heterocycles. The van der Waals surface area contributed by atoms with Gasteiger partial charge in [-0.2, -0.15) is 13.1 Å². The lowest BCUT2D eigenvalue weighted by Crippen LogP contribution is -2.10. The van der Waals surface area contributed by atoms with Gasteiger partial charge in [-0.25, -0.2) is 43.5 Å². The lowest BCUT2D eigenvalue weighted by atomic mass is 10.2. The summed E-state index contributed by atoms with van der Waals surface area (Å²) in [4.78, 5) is 43.2. The molecule has 0 unspecified atom stereocenters. The third-order valence-corrected chi connectivity index (χ3v) is 14.8. The lowest BCUT2D eigenvalue weighted by molar-refractivity contribution is 0.0997. The molecule has 6 N–H and O–H groups in total. The molecule has 0 aliphatic carbocycles. The molecule has 9 heterocycles. The van der Waals surface area contributed by atoms with Crippen molar-refractivity contribution in [1.29, 1.82) is 0 Å². The molecule has 1 amide bonds. The average molecular weight is 1280 g/mol. The Labute approximate surface area is 505 Å². The van der Waals surface area contributed by atoms with Gasteiger partial charge in [0.05, 0.1) is 55.9 Å². The number of benzene rings is 3. The van der Waals surface area contributed by atoms with Crippen LogP contribution in [-0.4, -0.2) is 85.0 Å². The van der Waals surface area contributed by atoms with E-state index in [2.05, 4.69) is 98.1 Å². The maximum atomic E-state index is 13.2. The molecule has 9 aromatic heterocycles. The van der Waals surface area contributed by atoms with Crippen molar-refractivity contribution < 1.29 is 29.6 Å². The van der Waals surface area contributed by atoms with Gasteiger partial charge >= 0.3 is 0 Å². The SMILES string of the molecule is CSc1ncc2c(N=Nc3ccc(O)c(Cl)c3)snc2n1.Cc1ncc2c(N=Nc3ccc(O)c(F)c3)snc2n1.Oc1ccc(N=Nc2snc3ncccc23)nc1Cl.[C-]#[N+]c1c(Cl)ncc2c(N=Nc3ccc(O)c(C(N)=O)c3)snc12. The quantitative estimate of drug-likeness (QED) is 0.0279. The molecule has 12 aromatic rings. The standard InChI is InChI=1S/C14H7ClN6O2S.C12H8ClN5OS2.C12H8FN5OS.C11H6ClN5OS/c1-17-11-10-8(5-18-12(11)15)14(24-21-10)20-19-6-2-3-9(22)7(4-6)13(16)23;1-20-12-14-5-7-10(15-12)18-21-11(7)17-16-6-2-3-9(19)8(13)4-6;1-6-14-5-8-11(15-6)18-20-12(8)17-16-7-2-3-10(19)9(13)4-7;12-9-7(18)3-4-8(14-9)15-16-11-6-2-1-5-13-10(6)17-19-11/h2-5,22H,(H2,16,23);2-5,19H,1H3;2-5,19H,1H3;1-5,18H. The third-order valence-electron chi connectivity index (χ3n) is 10.4. The van der Waals surface area contributed by atoms with Crippen molar-refractivity contribution in [3.05, 3.63) is 148 Å². The minimum Gasteiger partial charge on any atom is -0.507 e. The van der Waals surface area contributed by atoms with Crippen molar-refractivity contribution in [3.8, 4) is 23.0 Å². The highest BCUT2D eigenvalue weighted by Gasteiger charge is 2.16. The summed E-state index contributed by atoms with van der Waals surface area (Å²) in [5, 5.41) is 75.6. The molecule has 0 radical (unpaired) electrons. The predicted molar refractivity (Wildman–Crippen MR) is 318 cm³/mol. The number of nitrogens with two attached hydrogens (primary N) is 1. The number of primary amides is 1. The van der Waals surface area contributed by atoms with E-state index >= 15 is 0 Å². The number of phenolic OH excluding ortho intramolecular Hbond substituents is 2. The summed E-state index contributed by atoms with van der Waals surface area (Å²) in [6.07, 6.45) is 8.37. The van der Waals surface area contributed by atoms with Gasteiger partial charge in [-0.15, -0.1) is 40.9 Å². The van der Waals surface area contributed by atoms with E-state index in [0.29, 0.717) is 87.1 Å². The van der Waals surface area contributed by atoms with Crippen LogP contribution in [0.5, 0.6) is 23.0 Å². The van der Waals surface area contributed by atoms with Crippen LogP contribution in [0.3, 0.4) is 0 Å². The first kappa shape index (κ1) is 59.2. The zero-order chi connectivity index (χ0) is 59.4.